The predicted molar refractivity (Wildman–Crippen MR) is 43.8 cm³/mol. The van der Waals surface area contributed by atoms with Crippen molar-refractivity contribution in [1.29, 1.82) is 0 Å². The Morgan fingerprint density at radius 3 is 2.85 bits per heavy atom. The molecule has 0 aromatic carbocycles. The molecule has 13 heavy (non-hydrogen) atoms. The topological polar surface area (TPSA) is 66.8 Å². The second-order valence-electron chi connectivity index (χ2n) is 3.66. The van der Waals surface area contributed by atoms with Gasteiger partial charge in [0.1, 0.15) is 5.60 Å². The number of aliphatic hydroxyl groups is 2. The van der Waals surface area contributed by atoms with Gasteiger partial charge in [-0.05, 0) is 6.08 Å². The number of carbonyl (C=O) groups is 1. The first-order chi connectivity index (χ1) is 6.11. The average Bonchev–Trinajstić information content (AvgIpc) is 2.42. The van der Waals surface area contributed by atoms with Gasteiger partial charge in [0.2, 0.25) is 0 Å². The first-order valence-corrected chi connectivity index (χ1v) is 4.39. The second-order valence-corrected chi connectivity index (χ2v) is 3.66. The van der Waals surface area contributed by atoms with Gasteiger partial charge < -0.3 is 14.9 Å². The van der Waals surface area contributed by atoms with Crippen LogP contribution in [0.3, 0.4) is 0 Å². The van der Waals surface area contributed by atoms with Gasteiger partial charge in [0, 0.05) is 19.3 Å². The highest BCUT2D eigenvalue weighted by Gasteiger charge is 2.43. The molecule has 1 saturated heterocycles. The van der Waals surface area contributed by atoms with Gasteiger partial charge in [-0.3, -0.25) is 4.79 Å². The summed E-state index contributed by atoms with van der Waals surface area (Å²) < 4.78 is 5.11. The molecule has 4 nitrogen and oxygen atoms in total. The number of hydrogen-bond acceptors (Lipinski definition) is 4. The van der Waals surface area contributed by atoms with Crippen molar-refractivity contribution in [1.82, 2.24) is 0 Å². The lowest BCUT2D eigenvalue weighted by Gasteiger charge is -2.32. The average molecular weight is 184 g/mol. The van der Waals surface area contributed by atoms with Crippen molar-refractivity contribution in [2.45, 2.75) is 37.1 Å². The molecule has 0 unspecified atom stereocenters. The van der Waals surface area contributed by atoms with Crippen molar-refractivity contribution in [2.24, 2.45) is 0 Å². The van der Waals surface area contributed by atoms with Crippen LogP contribution in [0.4, 0.5) is 0 Å². The van der Waals surface area contributed by atoms with E-state index in [1.807, 2.05) is 0 Å². The molecule has 0 radical (unpaired) electrons. The van der Waals surface area contributed by atoms with Crippen LogP contribution in [0, 0.1) is 0 Å². The Morgan fingerprint density at radius 1 is 1.54 bits per heavy atom. The maximum atomic E-state index is 10.9. The fourth-order valence-corrected chi connectivity index (χ4v) is 1.85. The molecular formula is C9H12O4. The lowest BCUT2D eigenvalue weighted by molar-refractivity contribution is -0.148. The van der Waals surface area contributed by atoms with Crippen LogP contribution in [-0.2, 0) is 9.53 Å². The Hall–Kier alpha value is -0.870. The molecule has 3 atom stereocenters. The van der Waals surface area contributed by atoms with Gasteiger partial charge in [0.05, 0.1) is 12.2 Å². The molecule has 1 spiro atoms. The van der Waals surface area contributed by atoms with Gasteiger partial charge >= 0.3 is 5.97 Å². The third kappa shape index (κ3) is 1.47. The molecule has 2 N–H and O–H groups in total. The molecule has 0 aromatic rings. The molecule has 1 aliphatic heterocycles. The zero-order valence-corrected chi connectivity index (χ0v) is 7.14. The van der Waals surface area contributed by atoms with E-state index in [1.54, 1.807) is 6.08 Å². The summed E-state index contributed by atoms with van der Waals surface area (Å²) in [4.78, 5) is 10.9. The van der Waals surface area contributed by atoms with Gasteiger partial charge in [-0.15, -0.1) is 0 Å². The zero-order valence-electron chi connectivity index (χ0n) is 7.14. The van der Waals surface area contributed by atoms with Gasteiger partial charge in [-0.1, -0.05) is 6.08 Å². The van der Waals surface area contributed by atoms with E-state index >= 15 is 0 Å². The molecule has 72 valence electrons. The maximum Gasteiger partial charge on any atom is 0.306 e. The van der Waals surface area contributed by atoms with Crippen molar-refractivity contribution in [3.05, 3.63) is 12.2 Å². The molecule has 1 heterocycles. The lowest BCUT2D eigenvalue weighted by atomic mass is 9.85. The Labute approximate surface area is 75.8 Å². The van der Waals surface area contributed by atoms with Crippen molar-refractivity contribution in [3.8, 4) is 0 Å². The standard InChI is InChI=1S/C9H12O4/c10-6-1-3-9(5-7(6)11)4-2-8(12)13-9/h1,3,6-7,10-11H,2,4-5H2/t6-,7+,9-/m0/s1. The Bertz CT molecular complexity index is 260. The minimum atomic E-state index is -0.829. The number of hydrogen-bond donors (Lipinski definition) is 2. The Kier molecular flexibility index (Phi) is 1.89. The quantitative estimate of drug-likeness (QED) is 0.402. The highest BCUT2D eigenvalue weighted by Crippen LogP contribution is 2.35. The van der Waals surface area contributed by atoms with Gasteiger partial charge in [-0.2, -0.15) is 0 Å². The lowest BCUT2D eigenvalue weighted by Crippen LogP contribution is -2.40. The largest absolute Gasteiger partial charge is 0.455 e. The van der Waals surface area contributed by atoms with Crippen LogP contribution in [-0.4, -0.2) is 34.0 Å². The highest BCUT2D eigenvalue weighted by molar-refractivity contribution is 5.72. The van der Waals surface area contributed by atoms with Crippen LogP contribution in [0.15, 0.2) is 12.2 Å². The van der Waals surface area contributed by atoms with Gasteiger partial charge in [0.25, 0.3) is 0 Å². The normalized spacial score (nSPS) is 44.0. The molecule has 0 aromatic heterocycles. The fraction of sp³-hybridized carbons (Fsp3) is 0.667. The second kappa shape index (κ2) is 2.82. The molecule has 2 aliphatic rings. The monoisotopic (exact) mass is 184 g/mol. The molecule has 0 saturated carbocycles. The van der Waals surface area contributed by atoms with Crippen molar-refractivity contribution < 1.29 is 19.7 Å². The number of carbonyl (C=O) groups excluding carboxylic acids is 1. The maximum absolute atomic E-state index is 10.9. The third-order valence-corrected chi connectivity index (χ3v) is 2.62. The SMILES string of the molecule is O=C1CC[C@]2(C=C[C@H](O)[C@H](O)C2)O1. The van der Waals surface area contributed by atoms with E-state index in [-0.39, 0.29) is 5.97 Å². The predicted octanol–water partition coefficient (Wildman–Crippen LogP) is -0.256. The highest BCUT2D eigenvalue weighted by atomic mass is 16.6. The van der Waals surface area contributed by atoms with E-state index in [1.165, 1.54) is 6.08 Å². The molecule has 0 amide bonds. The van der Waals surface area contributed by atoms with Gasteiger partial charge in [0.15, 0.2) is 0 Å². The third-order valence-electron chi connectivity index (χ3n) is 2.62. The fourth-order valence-electron chi connectivity index (χ4n) is 1.85. The Balaban J connectivity index is 2.17. The summed E-state index contributed by atoms with van der Waals surface area (Å²) in [5.74, 6) is -0.228. The van der Waals surface area contributed by atoms with Crippen molar-refractivity contribution >= 4 is 5.97 Å². The van der Waals surface area contributed by atoms with Crippen LogP contribution in [0.5, 0.6) is 0 Å². The number of esters is 1. The van der Waals surface area contributed by atoms with Crippen LogP contribution >= 0.6 is 0 Å². The summed E-state index contributed by atoms with van der Waals surface area (Å²) >= 11 is 0. The number of aliphatic hydroxyl groups excluding tert-OH is 2. The van der Waals surface area contributed by atoms with E-state index in [2.05, 4.69) is 0 Å². The summed E-state index contributed by atoms with van der Waals surface area (Å²) in [6, 6.07) is 0. The van der Waals surface area contributed by atoms with E-state index in [4.69, 9.17) is 4.74 Å². The summed E-state index contributed by atoms with van der Waals surface area (Å²) in [6.45, 7) is 0. The van der Waals surface area contributed by atoms with Gasteiger partial charge in [-0.25, -0.2) is 0 Å². The van der Waals surface area contributed by atoms with E-state index in [9.17, 15) is 15.0 Å². The molecule has 0 bridgehead atoms. The Morgan fingerprint density at radius 2 is 2.31 bits per heavy atom. The van der Waals surface area contributed by atoms with Crippen LogP contribution in [0.1, 0.15) is 19.3 Å². The summed E-state index contributed by atoms with van der Waals surface area (Å²) in [5, 5.41) is 18.6. The zero-order chi connectivity index (χ0) is 9.47. The molecule has 2 rings (SSSR count). The molecule has 1 aliphatic carbocycles. The minimum Gasteiger partial charge on any atom is -0.455 e. The van der Waals surface area contributed by atoms with Crippen LogP contribution in [0.25, 0.3) is 0 Å². The summed E-state index contributed by atoms with van der Waals surface area (Å²) in [6.07, 6.45) is 2.83. The minimum absolute atomic E-state index is 0.228. The molecule has 1 fully saturated rings. The first kappa shape index (κ1) is 8.72. The van der Waals surface area contributed by atoms with Crippen LogP contribution in [0.2, 0.25) is 0 Å². The summed E-state index contributed by atoms with van der Waals surface area (Å²) in [7, 11) is 0. The smallest absolute Gasteiger partial charge is 0.306 e. The molecular weight excluding hydrogens is 172 g/mol. The van der Waals surface area contributed by atoms with E-state index in [0.29, 0.717) is 19.3 Å². The first-order valence-electron chi connectivity index (χ1n) is 4.39. The van der Waals surface area contributed by atoms with Crippen LogP contribution < -0.4 is 0 Å². The number of ether oxygens (including phenoxy) is 1. The van der Waals surface area contributed by atoms with E-state index < -0.39 is 17.8 Å². The van der Waals surface area contributed by atoms with Crippen molar-refractivity contribution in [2.75, 3.05) is 0 Å². The number of rotatable bonds is 0. The summed E-state index contributed by atoms with van der Waals surface area (Å²) in [5.41, 5.74) is -0.643. The van der Waals surface area contributed by atoms with Crippen molar-refractivity contribution in [3.63, 3.8) is 0 Å². The van der Waals surface area contributed by atoms with E-state index in [0.717, 1.165) is 0 Å². The molecule has 4 heteroatoms.